The van der Waals surface area contributed by atoms with Crippen LogP contribution in [0.4, 0.5) is 24.7 Å². The van der Waals surface area contributed by atoms with Gasteiger partial charge in [-0.25, -0.2) is 4.98 Å². The van der Waals surface area contributed by atoms with Crippen molar-refractivity contribution in [3.05, 3.63) is 77.5 Å². The lowest BCUT2D eigenvalue weighted by atomic mass is 9.97. The number of hydrogen-bond donors (Lipinski definition) is 0. The fourth-order valence-electron chi connectivity index (χ4n) is 3.97. The van der Waals surface area contributed by atoms with E-state index >= 15 is 0 Å². The number of nitrogens with zero attached hydrogens (tertiary/aromatic N) is 3. The zero-order valence-corrected chi connectivity index (χ0v) is 17.3. The predicted molar refractivity (Wildman–Crippen MR) is 114 cm³/mol. The Hall–Kier alpha value is -3.09. The van der Waals surface area contributed by atoms with Gasteiger partial charge in [0.05, 0.1) is 0 Å². The molecule has 162 valence electrons. The third kappa shape index (κ3) is 4.98. The summed E-state index contributed by atoms with van der Waals surface area (Å²) in [6.45, 7) is 0.173. The Morgan fingerprint density at radius 2 is 1.77 bits per heavy atom. The highest BCUT2D eigenvalue weighted by Crippen LogP contribution is 2.39. The SMILES string of the molecule is CN(c1cccc(C2CCCC2)c1)c1nc(OCc2ccccc2)ncc1C(F)(F)F. The number of ether oxygens (including phenoxy) is 1. The molecule has 1 aliphatic rings. The van der Waals surface area contributed by atoms with E-state index in [0.29, 0.717) is 11.6 Å². The standard InChI is InChI=1S/C24H24F3N3O/c1-30(20-13-7-12-19(14-20)18-10-5-6-11-18)22-21(24(25,26)27)15-28-23(29-22)31-16-17-8-3-2-4-9-17/h2-4,7-9,12-15,18H,5-6,10-11,16H2,1H3. The first-order valence-electron chi connectivity index (χ1n) is 10.4. The van der Waals surface area contributed by atoms with E-state index in [9.17, 15) is 13.2 Å². The van der Waals surface area contributed by atoms with E-state index in [-0.39, 0.29) is 18.4 Å². The van der Waals surface area contributed by atoms with Gasteiger partial charge in [0.2, 0.25) is 0 Å². The molecular weight excluding hydrogens is 403 g/mol. The zero-order chi connectivity index (χ0) is 21.8. The van der Waals surface area contributed by atoms with E-state index in [4.69, 9.17) is 4.74 Å². The van der Waals surface area contributed by atoms with E-state index in [2.05, 4.69) is 9.97 Å². The summed E-state index contributed by atoms with van der Waals surface area (Å²) in [6.07, 6.45) is 0.830. The Morgan fingerprint density at radius 1 is 1.03 bits per heavy atom. The summed E-state index contributed by atoms with van der Waals surface area (Å²) in [5.41, 5.74) is 1.80. The number of benzene rings is 2. The second-order valence-corrected chi connectivity index (χ2v) is 7.80. The van der Waals surface area contributed by atoms with Gasteiger partial charge in [0, 0.05) is 18.9 Å². The maximum absolute atomic E-state index is 13.7. The Morgan fingerprint density at radius 3 is 2.48 bits per heavy atom. The molecule has 4 rings (SSSR count). The summed E-state index contributed by atoms with van der Waals surface area (Å²) in [4.78, 5) is 9.38. The van der Waals surface area contributed by atoms with Crippen LogP contribution in [-0.2, 0) is 12.8 Å². The Kier molecular flexibility index (Phi) is 6.11. The zero-order valence-electron chi connectivity index (χ0n) is 17.3. The largest absolute Gasteiger partial charge is 0.459 e. The van der Waals surface area contributed by atoms with E-state index in [1.165, 1.54) is 17.7 Å². The highest BCUT2D eigenvalue weighted by atomic mass is 19.4. The van der Waals surface area contributed by atoms with E-state index < -0.39 is 11.7 Å². The van der Waals surface area contributed by atoms with Crippen molar-refractivity contribution < 1.29 is 17.9 Å². The molecule has 0 atom stereocenters. The lowest BCUT2D eigenvalue weighted by molar-refractivity contribution is -0.137. The van der Waals surface area contributed by atoms with Gasteiger partial charge in [-0.3, -0.25) is 0 Å². The molecule has 0 saturated heterocycles. The van der Waals surface area contributed by atoms with Crippen molar-refractivity contribution in [3.8, 4) is 6.01 Å². The van der Waals surface area contributed by atoms with Crippen LogP contribution in [0.2, 0.25) is 0 Å². The monoisotopic (exact) mass is 427 g/mol. The van der Waals surface area contributed by atoms with Crippen LogP contribution in [-0.4, -0.2) is 17.0 Å². The average molecular weight is 427 g/mol. The number of alkyl halides is 3. The number of anilines is 2. The van der Waals surface area contributed by atoms with Crippen LogP contribution < -0.4 is 9.64 Å². The second kappa shape index (κ2) is 8.96. The fraction of sp³-hybridized carbons (Fsp3) is 0.333. The molecule has 1 saturated carbocycles. The topological polar surface area (TPSA) is 38.2 Å². The number of aromatic nitrogens is 2. The summed E-state index contributed by atoms with van der Waals surface area (Å²) in [5, 5.41) is 0. The van der Waals surface area contributed by atoms with E-state index in [0.717, 1.165) is 30.2 Å². The molecule has 0 amide bonds. The van der Waals surface area contributed by atoms with Gasteiger partial charge in [-0.1, -0.05) is 55.3 Å². The molecule has 0 aliphatic heterocycles. The van der Waals surface area contributed by atoms with Crippen molar-refractivity contribution in [2.75, 3.05) is 11.9 Å². The molecule has 0 bridgehead atoms. The summed E-state index contributed by atoms with van der Waals surface area (Å²) in [7, 11) is 1.59. The van der Waals surface area contributed by atoms with Crippen molar-refractivity contribution in [1.82, 2.24) is 9.97 Å². The van der Waals surface area contributed by atoms with Crippen molar-refractivity contribution in [2.24, 2.45) is 0 Å². The van der Waals surface area contributed by atoms with Gasteiger partial charge in [0.25, 0.3) is 0 Å². The molecule has 1 heterocycles. The maximum Gasteiger partial charge on any atom is 0.421 e. The minimum atomic E-state index is -4.58. The quantitative estimate of drug-likeness (QED) is 0.450. The predicted octanol–water partition coefficient (Wildman–Crippen LogP) is 6.50. The van der Waals surface area contributed by atoms with Crippen LogP contribution in [0.25, 0.3) is 0 Å². The average Bonchev–Trinajstić information content (AvgIpc) is 3.32. The Labute approximate surface area is 179 Å². The molecule has 7 heteroatoms. The molecule has 1 fully saturated rings. The first-order valence-corrected chi connectivity index (χ1v) is 10.4. The summed E-state index contributed by atoms with van der Waals surface area (Å²) in [5.74, 6) is 0.236. The molecule has 2 aromatic carbocycles. The van der Waals surface area contributed by atoms with Crippen molar-refractivity contribution in [1.29, 1.82) is 0 Å². The Balaban J connectivity index is 1.63. The maximum atomic E-state index is 13.7. The fourth-order valence-corrected chi connectivity index (χ4v) is 3.97. The lowest BCUT2D eigenvalue weighted by Gasteiger charge is -2.23. The van der Waals surface area contributed by atoms with Gasteiger partial charge in [-0.05, 0) is 42.0 Å². The third-order valence-corrected chi connectivity index (χ3v) is 5.66. The molecule has 1 aromatic heterocycles. The molecule has 31 heavy (non-hydrogen) atoms. The van der Waals surface area contributed by atoms with Gasteiger partial charge in [0.15, 0.2) is 5.82 Å². The molecule has 0 N–H and O–H groups in total. The minimum Gasteiger partial charge on any atom is -0.459 e. The highest BCUT2D eigenvalue weighted by molar-refractivity contribution is 5.63. The van der Waals surface area contributed by atoms with Crippen LogP contribution in [0.15, 0.2) is 60.8 Å². The normalized spacial score (nSPS) is 14.6. The van der Waals surface area contributed by atoms with Crippen LogP contribution in [0.1, 0.15) is 48.3 Å². The smallest absolute Gasteiger partial charge is 0.421 e. The lowest BCUT2D eigenvalue weighted by Crippen LogP contribution is -2.19. The molecule has 1 aliphatic carbocycles. The number of rotatable bonds is 6. The van der Waals surface area contributed by atoms with Gasteiger partial charge in [-0.2, -0.15) is 18.2 Å². The Bertz CT molecular complexity index is 1020. The number of halogens is 3. The molecule has 3 aromatic rings. The second-order valence-electron chi connectivity index (χ2n) is 7.80. The van der Waals surface area contributed by atoms with Gasteiger partial charge < -0.3 is 9.64 Å². The van der Waals surface area contributed by atoms with E-state index in [1.54, 1.807) is 13.1 Å². The molecule has 4 nitrogen and oxygen atoms in total. The van der Waals surface area contributed by atoms with Crippen LogP contribution >= 0.6 is 0 Å². The van der Waals surface area contributed by atoms with Crippen LogP contribution in [0.5, 0.6) is 6.01 Å². The highest BCUT2D eigenvalue weighted by Gasteiger charge is 2.37. The molecule has 0 spiro atoms. The minimum absolute atomic E-state index is 0.0920. The summed E-state index contributed by atoms with van der Waals surface area (Å²) >= 11 is 0. The number of hydrogen-bond acceptors (Lipinski definition) is 4. The van der Waals surface area contributed by atoms with Gasteiger partial charge in [0.1, 0.15) is 12.2 Å². The van der Waals surface area contributed by atoms with Crippen molar-refractivity contribution in [3.63, 3.8) is 0 Å². The molecule has 0 radical (unpaired) electrons. The summed E-state index contributed by atoms with van der Waals surface area (Å²) in [6, 6.07) is 16.9. The first-order chi connectivity index (χ1) is 14.9. The summed E-state index contributed by atoms with van der Waals surface area (Å²) < 4.78 is 46.6. The first kappa shape index (κ1) is 21.2. The molecule has 0 unspecified atom stereocenters. The van der Waals surface area contributed by atoms with Crippen molar-refractivity contribution >= 4 is 11.5 Å². The van der Waals surface area contributed by atoms with Crippen LogP contribution in [0.3, 0.4) is 0 Å². The van der Waals surface area contributed by atoms with E-state index in [1.807, 2.05) is 48.5 Å². The van der Waals surface area contributed by atoms with Crippen LogP contribution in [0, 0.1) is 0 Å². The van der Waals surface area contributed by atoms with Crippen molar-refractivity contribution in [2.45, 2.75) is 44.4 Å². The van der Waals surface area contributed by atoms with Gasteiger partial charge in [-0.15, -0.1) is 0 Å². The molecular formula is C24H24F3N3O. The third-order valence-electron chi connectivity index (χ3n) is 5.66. The van der Waals surface area contributed by atoms with Gasteiger partial charge >= 0.3 is 12.2 Å².